The molecule has 3 aromatic rings. The molecule has 0 aliphatic heterocycles. The summed E-state index contributed by atoms with van der Waals surface area (Å²) in [6.07, 6.45) is 3.87. The number of benzene rings is 2. The van der Waals surface area contributed by atoms with Crippen molar-refractivity contribution < 1.29 is 18.0 Å². The number of aromatic nitrogens is 2. The molecule has 11 heteroatoms. The van der Waals surface area contributed by atoms with Gasteiger partial charge in [0.2, 0.25) is 15.9 Å². The maximum atomic E-state index is 13.0. The Balaban J connectivity index is 1.86. The lowest BCUT2D eigenvalue weighted by Gasteiger charge is -2.25. The number of hydrogen-bond acceptors (Lipinski definition) is 5. The molecule has 0 spiro atoms. The SMILES string of the molecule is CCCNC(=O)CCN(c1cc2nn(-c3ccc(Br)cc3)c(C(=O)NC)c2cc1C1CC1)S(C)(=O)=O. The van der Waals surface area contributed by atoms with Crippen molar-refractivity contribution in [1.82, 2.24) is 20.4 Å². The Bertz CT molecular complexity index is 1400. The van der Waals surface area contributed by atoms with Gasteiger partial charge in [0.1, 0.15) is 5.69 Å². The fourth-order valence-corrected chi connectivity index (χ4v) is 5.41. The van der Waals surface area contributed by atoms with Crippen LogP contribution < -0.4 is 14.9 Å². The standard InChI is InChI=1S/C25H30BrN5O4S/c1-4-12-28-23(32)11-13-30(36(3,34)35)22-15-21-20(14-19(22)16-5-6-16)24(25(33)27-2)31(29-21)18-9-7-17(26)8-10-18/h7-10,14-16H,4-6,11-13H2,1-3H3,(H,27,33)(H,28,32). The van der Waals surface area contributed by atoms with E-state index in [1.165, 1.54) is 4.31 Å². The Morgan fingerprint density at radius 1 is 1.19 bits per heavy atom. The van der Waals surface area contributed by atoms with E-state index in [1.807, 2.05) is 37.3 Å². The molecule has 1 saturated carbocycles. The van der Waals surface area contributed by atoms with E-state index in [0.29, 0.717) is 34.5 Å². The van der Waals surface area contributed by atoms with E-state index in [-0.39, 0.29) is 30.7 Å². The van der Waals surface area contributed by atoms with Gasteiger partial charge in [-0.2, -0.15) is 5.10 Å². The molecule has 1 aromatic heterocycles. The summed E-state index contributed by atoms with van der Waals surface area (Å²) < 4.78 is 29.5. The number of nitrogens with zero attached hydrogens (tertiary/aromatic N) is 3. The number of fused-ring (bicyclic) bond motifs is 1. The highest BCUT2D eigenvalue weighted by molar-refractivity contribution is 9.10. The topological polar surface area (TPSA) is 113 Å². The first-order valence-electron chi connectivity index (χ1n) is 11.9. The van der Waals surface area contributed by atoms with Crippen LogP contribution in [-0.2, 0) is 14.8 Å². The summed E-state index contributed by atoms with van der Waals surface area (Å²) in [5.41, 5.74) is 2.95. The minimum atomic E-state index is -3.68. The summed E-state index contributed by atoms with van der Waals surface area (Å²) >= 11 is 3.43. The quantitative estimate of drug-likeness (QED) is 0.382. The van der Waals surface area contributed by atoms with E-state index < -0.39 is 10.0 Å². The van der Waals surface area contributed by atoms with Gasteiger partial charge in [-0.15, -0.1) is 0 Å². The summed E-state index contributed by atoms with van der Waals surface area (Å²) in [6, 6.07) is 11.1. The minimum absolute atomic E-state index is 0.0231. The van der Waals surface area contributed by atoms with E-state index in [4.69, 9.17) is 5.10 Å². The molecule has 2 N–H and O–H groups in total. The molecule has 36 heavy (non-hydrogen) atoms. The number of carbonyl (C=O) groups is 2. The van der Waals surface area contributed by atoms with Gasteiger partial charge >= 0.3 is 0 Å². The van der Waals surface area contributed by atoms with Crippen LogP contribution in [0.5, 0.6) is 0 Å². The molecule has 1 aliphatic rings. The van der Waals surface area contributed by atoms with Gasteiger partial charge in [0.15, 0.2) is 0 Å². The minimum Gasteiger partial charge on any atom is -0.356 e. The number of halogens is 1. The molecule has 0 saturated heterocycles. The van der Waals surface area contributed by atoms with Crippen LogP contribution in [0.15, 0.2) is 40.9 Å². The van der Waals surface area contributed by atoms with Crippen molar-refractivity contribution in [2.75, 3.05) is 30.7 Å². The highest BCUT2D eigenvalue weighted by Gasteiger charge is 2.32. The van der Waals surface area contributed by atoms with Gasteiger partial charge in [0.25, 0.3) is 5.91 Å². The Morgan fingerprint density at radius 2 is 1.89 bits per heavy atom. The van der Waals surface area contributed by atoms with Crippen LogP contribution in [0.4, 0.5) is 5.69 Å². The molecule has 1 heterocycles. The van der Waals surface area contributed by atoms with Crippen LogP contribution in [0.25, 0.3) is 16.6 Å². The monoisotopic (exact) mass is 575 g/mol. The van der Waals surface area contributed by atoms with Crippen molar-refractivity contribution in [3.63, 3.8) is 0 Å². The molecule has 0 atom stereocenters. The van der Waals surface area contributed by atoms with E-state index >= 15 is 0 Å². The van der Waals surface area contributed by atoms with Gasteiger partial charge in [-0.3, -0.25) is 13.9 Å². The van der Waals surface area contributed by atoms with Crippen molar-refractivity contribution in [3.8, 4) is 5.69 Å². The lowest BCUT2D eigenvalue weighted by Crippen LogP contribution is -2.35. The van der Waals surface area contributed by atoms with Crippen molar-refractivity contribution >= 4 is 54.4 Å². The number of nitrogens with one attached hydrogen (secondary N) is 2. The summed E-state index contributed by atoms with van der Waals surface area (Å²) in [5, 5.41) is 10.8. The molecule has 0 unspecified atom stereocenters. The van der Waals surface area contributed by atoms with Crippen molar-refractivity contribution in [2.24, 2.45) is 0 Å². The van der Waals surface area contributed by atoms with Crippen LogP contribution >= 0.6 is 15.9 Å². The molecular weight excluding hydrogens is 546 g/mol. The maximum Gasteiger partial charge on any atom is 0.270 e. The third-order valence-electron chi connectivity index (χ3n) is 6.13. The fraction of sp³-hybridized carbons (Fsp3) is 0.400. The maximum absolute atomic E-state index is 13.0. The summed E-state index contributed by atoms with van der Waals surface area (Å²) in [6.45, 7) is 2.53. The van der Waals surface area contributed by atoms with Crippen LogP contribution in [-0.4, -0.2) is 56.4 Å². The number of rotatable bonds is 10. The van der Waals surface area contributed by atoms with Crippen molar-refractivity contribution in [1.29, 1.82) is 0 Å². The number of sulfonamides is 1. The van der Waals surface area contributed by atoms with Gasteiger partial charge in [0, 0.05) is 36.4 Å². The first kappa shape index (κ1) is 26.2. The molecule has 2 amide bonds. The highest BCUT2D eigenvalue weighted by atomic mass is 79.9. The zero-order valence-corrected chi connectivity index (χ0v) is 22.9. The van der Waals surface area contributed by atoms with Crippen LogP contribution in [0.3, 0.4) is 0 Å². The summed E-state index contributed by atoms with van der Waals surface area (Å²) in [4.78, 5) is 25.2. The average molecular weight is 577 g/mol. The highest BCUT2D eigenvalue weighted by Crippen LogP contribution is 2.46. The molecule has 9 nitrogen and oxygen atoms in total. The third-order valence-corrected chi connectivity index (χ3v) is 7.84. The van der Waals surface area contributed by atoms with Crippen LogP contribution in [0.1, 0.15) is 54.6 Å². The molecule has 192 valence electrons. The Labute approximate surface area is 219 Å². The van der Waals surface area contributed by atoms with Crippen molar-refractivity contribution in [2.45, 2.75) is 38.5 Å². The average Bonchev–Trinajstić information content (AvgIpc) is 3.62. The van der Waals surface area contributed by atoms with E-state index in [2.05, 4.69) is 26.6 Å². The lowest BCUT2D eigenvalue weighted by molar-refractivity contribution is -0.120. The van der Waals surface area contributed by atoms with Crippen LogP contribution in [0, 0.1) is 0 Å². The van der Waals surface area contributed by atoms with Gasteiger partial charge in [-0.1, -0.05) is 22.9 Å². The Kier molecular flexibility index (Phi) is 7.70. The van der Waals surface area contributed by atoms with E-state index in [1.54, 1.807) is 17.8 Å². The molecule has 1 aliphatic carbocycles. The Hall–Kier alpha value is -2.92. The predicted molar refractivity (Wildman–Crippen MR) is 144 cm³/mol. The molecule has 1 fully saturated rings. The van der Waals surface area contributed by atoms with Gasteiger partial charge in [-0.05, 0) is 67.1 Å². The summed E-state index contributed by atoms with van der Waals surface area (Å²) in [7, 11) is -2.11. The number of carbonyl (C=O) groups excluding carboxylic acids is 2. The molecule has 4 rings (SSSR count). The van der Waals surface area contributed by atoms with Crippen molar-refractivity contribution in [3.05, 3.63) is 52.1 Å². The zero-order chi connectivity index (χ0) is 26.0. The molecule has 0 radical (unpaired) electrons. The first-order valence-corrected chi connectivity index (χ1v) is 14.6. The second kappa shape index (κ2) is 10.6. The van der Waals surface area contributed by atoms with Gasteiger partial charge in [-0.25, -0.2) is 13.1 Å². The smallest absolute Gasteiger partial charge is 0.270 e. The predicted octanol–water partition coefficient (Wildman–Crippen LogP) is 3.71. The molecular formula is C25H30BrN5O4S. The first-order chi connectivity index (χ1) is 17.1. The zero-order valence-electron chi connectivity index (χ0n) is 20.5. The second-order valence-electron chi connectivity index (χ2n) is 8.95. The van der Waals surface area contributed by atoms with E-state index in [9.17, 15) is 18.0 Å². The van der Waals surface area contributed by atoms with E-state index in [0.717, 1.165) is 35.6 Å². The molecule has 2 aromatic carbocycles. The number of hydrogen-bond donors (Lipinski definition) is 2. The molecule has 0 bridgehead atoms. The second-order valence-corrected chi connectivity index (χ2v) is 11.8. The van der Waals surface area contributed by atoms with Gasteiger partial charge in [0.05, 0.1) is 23.1 Å². The number of amides is 2. The third kappa shape index (κ3) is 5.57. The number of anilines is 1. The fourth-order valence-electron chi connectivity index (χ4n) is 4.20. The normalized spacial score (nSPS) is 13.6. The van der Waals surface area contributed by atoms with Gasteiger partial charge < -0.3 is 10.6 Å². The largest absolute Gasteiger partial charge is 0.356 e. The lowest BCUT2D eigenvalue weighted by atomic mass is 10.0. The van der Waals surface area contributed by atoms with Crippen LogP contribution in [0.2, 0.25) is 0 Å². The summed E-state index contributed by atoms with van der Waals surface area (Å²) in [5.74, 6) is -0.292. The Morgan fingerprint density at radius 3 is 2.47 bits per heavy atom.